The summed E-state index contributed by atoms with van der Waals surface area (Å²) in [7, 11) is 1.64. The minimum atomic E-state index is 0.00368. The van der Waals surface area contributed by atoms with E-state index < -0.39 is 0 Å². The Bertz CT molecular complexity index is 199. The fourth-order valence-electron chi connectivity index (χ4n) is 1.53. The molecule has 1 heterocycles. The quantitative estimate of drug-likeness (QED) is 0.600. The third kappa shape index (κ3) is 3.77. The molecule has 1 fully saturated rings. The van der Waals surface area contributed by atoms with Gasteiger partial charge in [0.05, 0.1) is 32.5 Å². The summed E-state index contributed by atoms with van der Waals surface area (Å²) in [6, 6.07) is 0.00368. The van der Waals surface area contributed by atoms with Crippen LogP contribution in [0.2, 0.25) is 0 Å². The molecule has 15 heavy (non-hydrogen) atoms. The van der Waals surface area contributed by atoms with Gasteiger partial charge < -0.3 is 14.4 Å². The fourth-order valence-corrected chi connectivity index (χ4v) is 1.53. The Morgan fingerprint density at radius 2 is 2.27 bits per heavy atom. The lowest BCUT2D eigenvalue weighted by atomic mass is 10.2. The van der Waals surface area contributed by atoms with Crippen molar-refractivity contribution >= 4 is 5.91 Å². The number of nitrogens with one attached hydrogen (secondary N) is 1. The molecule has 1 unspecified atom stereocenters. The summed E-state index contributed by atoms with van der Waals surface area (Å²) < 4.78 is 10.2. The summed E-state index contributed by atoms with van der Waals surface area (Å²) in [4.78, 5) is 13.4. The second kappa shape index (κ2) is 6.76. The average molecular weight is 216 g/mol. The second-order valence-corrected chi connectivity index (χ2v) is 3.53. The van der Waals surface area contributed by atoms with Gasteiger partial charge in [-0.05, 0) is 6.42 Å². The number of rotatable bonds is 7. The van der Waals surface area contributed by atoms with E-state index in [0.717, 1.165) is 6.42 Å². The van der Waals surface area contributed by atoms with E-state index in [-0.39, 0.29) is 11.9 Å². The highest BCUT2D eigenvalue weighted by Crippen LogP contribution is 2.05. The summed E-state index contributed by atoms with van der Waals surface area (Å²) in [6.07, 6.45) is 0.847. The summed E-state index contributed by atoms with van der Waals surface area (Å²) in [5.74, 6) is 0.188. The van der Waals surface area contributed by atoms with E-state index in [1.165, 1.54) is 0 Å². The van der Waals surface area contributed by atoms with Crippen molar-refractivity contribution in [2.24, 2.45) is 0 Å². The standard InChI is InChI=1S/C10H20N2O3/c1-3-9-10(13)12(8-11-9)4-5-15-7-6-14-2/h9,11H,3-8H2,1-2H3. The molecule has 1 N–H and O–H groups in total. The lowest BCUT2D eigenvalue weighted by Crippen LogP contribution is -2.32. The number of methoxy groups -OCH3 is 1. The molecular weight excluding hydrogens is 196 g/mol. The smallest absolute Gasteiger partial charge is 0.240 e. The highest BCUT2D eigenvalue weighted by atomic mass is 16.5. The molecule has 1 aliphatic heterocycles. The normalized spacial score (nSPS) is 21.3. The summed E-state index contributed by atoms with van der Waals surface area (Å²) in [6.45, 7) is 5.07. The highest BCUT2D eigenvalue weighted by molar-refractivity contribution is 5.83. The lowest BCUT2D eigenvalue weighted by Gasteiger charge is -2.14. The monoisotopic (exact) mass is 216 g/mol. The van der Waals surface area contributed by atoms with Gasteiger partial charge >= 0.3 is 0 Å². The number of hydrogen-bond donors (Lipinski definition) is 1. The molecule has 0 radical (unpaired) electrons. The van der Waals surface area contributed by atoms with E-state index in [4.69, 9.17) is 9.47 Å². The zero-order chi connectivity index (χ0) is 11.1. The molecular formula is C10H20N2O3. The number of ether oxygens (including phenoxy) is 2. The van der Waals surface area contributed by atoms with Crippen LogP contribution >= 0.6 is 0 Å². The van der Waals surface area contributed by atoms with Crippen molar-refractivity contribution in [1.29, 1.82) is 0 Å². The van der Waals surface area contributed by atoms with Crippen molar-refractivity contribution in [3.63, 3.8) is 0 Å². The Morgan fingerprint density at radius 3 is 2.87 bits per heavy atom. The van der Waals surface area contributed by atoms with Gasteiger partial charge in [0.1, 0.15) is 0 Å². The van der Waals surface area contributed by atoms with Gasteiger partial charge in [-0.1, -0.05) is 6.92 Å². The molecule has 0 aromatic rings. The number of hydrogen-bond acceptors (Lipinski definition) is 4. The van der Waals surface area contributed by atoms with E-state index in [0.29, 0.717) is 33.0 Å². The average Bonchev–Trinajstić information content (AvgIpc) is 2.60. The first kappa shape index (κ1) is 12.4. The maximum Gasteiger partial charge on any atom is 0.240 e. The van der Waals surface area contributed by atoms with Crippen molar-refractivity contribution in [3.8, 4) is 0 Å². The SMILES string of the molecule is CCC1NCN(CCOCCOC)C1=O. The largest absolute Gasteiger partial charge is 0.382 e. The van der Waals surface area contributed by atoms with Gasteiger partial charge in [0.15, 0.2) is 0 Å². The van der Waals surface area contributed by atoms with Crippen LogP contribution in [0.3, 0.4) is 0 Å². The summed E-state index contributed by atoms with van der Waals surface area (Å²) >= 11 is 0. The van der Waals surface area contributed by atoms with Gasteiger partial charge in [0, 0.05) is 13.7 Å². The van der Waals surface area contributed by atoms with E-state index in [2.05, 4.69) is 5.32 Å². The predicted molar refractivity (Wildman–Crippen MR) is 56.5 cm³/mol. The molecule has 5 heteroatoms. The Balaban J connectivity index is 2.09. The topological polar surface area (TPSA) is 50.8 Å². The maximum absolute atomic E-state index is 11.6. The van der Waals surface area contributed by atoms with Crippen LogP contribution < -0.4 is 5.32 Å². The first-order chi connectivity index (χ1) is 7.29. The lowest BCUT2D eigenvalue weighted by molar-refractivity contribution is -0.129. The van der Waals surface area contributed by atoms with Gasteiger partial charge in [0.2, 0.25) is 5.91 Å². The van der Waals surface area contributed by atoms with Crippen LogP contribution in [0.4, 0.5) is 0 Å². The molecule has 1 aliphatic rings. The molecule has 0 aromatic carbocycles. The van der Waals surface area contributed by atoms with Crippen molar-refractivity contribution in [3.05, 3.63) is 0 Å². The molecule has 0 spiro atoms. The summed E-state index contributed by atoms with van der Waals surface area (Å²) in [5.41, 5.74) is 0. The molecule has 5 nitrogen and oxygen atoms in total. The number of amides is 1. The van der Waals surface area contributed by atoms with Crippen LogP contribution in [-0.4, -0.2) is 57.0 Å². The molecule has 1 saturated heterocycles. The Morgan fingerprint density at radius 1 is 1.47 bits per heavy atom. The first-order valence-corrected chi connectivity index (χ1v) is 5.38. The van der Waals surface area contributed by atoms with E-state index in [1.54, 1.807) is 12.0 Å². The molecule has 0 aromatic heterocycles. The second-order valence-electron chi connectivity index (χ2n) is 3.53. The van der Waals surface area contributed by atoms with Crippen LogP contribution in [0.25, 0.3) is 0 Å². The Labute approximate surface area is 90.7 Å². The van der Waals surface area contributed by atoms with E-state index >= 15 is 0 Å². The minimum Gasteiger partial charge on any atom is -0.382 e. The number of carbonyl (C=O) groups is 1. The molecule has 88 valence electrons. The fraction of sp³-hybridized carbons (Fsp3) is 0.900. The predicted octanol–water partition coefficient (Wildman–Crippen LogP) is -0.183. The first-order valence-electron chi connectivity index (χ1n) is 5.38. The molecule has 1 rings (SSSR count). The van der Waals surface area contributed by atoms with Gasteiger partial charge in [-0.3, -0.25) is 10.1 Å². The van der Waals surface area contributed by atoms with Crippen LogP contribution in [0.15, 0.2) is 0 Å². The molecule has 1 amide bonds. The zero-order valence-corrected chi connectivity index (χ0v) is 9.49. The number of carbonyl (C=O) groups excluding carboxylic acids is 1. The van der Waals surface area contributed by atoms with Crippen molar-refractivity contribution in [2.45, 2.75) is 19.4 Å². The van der Waals surface area contributed by atoms with E-state index in [1.807, 2.05) is 6.92 Å². The van der Waals surface area contributed by atoms with Crippen molar-refractivity contribution in [2.75, 3.05) is 40.1 Å². The maximum atomic E-state index is 11.6. The van der Waals surface area contributed by atoms with Crippen LogP contribution in [0.5, 0.6) is 0 Å². The zero-order valence-electron chi connectivity index (χ0n) is 9.49. The van der Waals surface area contributed by atoms with Gasteiger partial charge in [-0.2, -0.15) is 0 Å². The molecule has 0 saturated carbocycles. The Kier molecular flexibility index (Phi) is 5.60. The van der Waals surface area contributed by atoms with Gasteiger partial charge in [-0.25, -0.2) is 0 Å². The van der Waals surface area contributed by atoms with Crippen LogP contribution in [0, 0.1) is 0 Å². The van der Waals surface area contributed by atoms with Crippen LogP contribution in [-0.2, 0) is 14.3 Å². The number of nitrogens with zero attached hydrogens (tertiary/aromatic N) is 1. The molecule has 1 atom stereocenters. The highest BCUT2D eigenvalue weighted by Gasteiger charge is 2.28. The summed E-state index contributed by atoms with van der Waals surface area (Å²) in [5, 5.41) is 3.15. The minimum absolute atomic E-state index is 0.00368. The molecule has 0 aliphatic carbocycles. The molecule has 0 bridgehead atoms. The van der Waals surface area contributed by atoms with Crippen LogP contribution in [0.1, 0.15) is 13.3 Å². The third-order valence-electron chi connectivity index (χ3n) is 2.48. The Hall–Kier alpha value is -0.650. The third-order valence-corrected chi connectivity index (χ3v) is 2.48. The van der Waals surface area contributed by atoms with E-state index in [9.17, 15) is 4.79 Å². The van der Waals surface area contributed by atoms with Gasteiger partial charge in [0.25, 0.3) is 0 Å². The van der Waals surface area contributed by atoms with Crippen molar-refractivity contribution < 1.29 is 14.3 Å². The van der Waals surface area contributed by atoms with Gasteiger partial charge in [-0.15, -0.1) is 0 Å². The van der Waals surface area contributed by atoms with Crippen molar-refractivity contribution in [1.82, 2.24) is 10.2 Å².